The maximum atomic E-state index is 11.9. The minimum atomic E-state index is -1.06. The van der Waals surface area contributed by atoms with Crippen LogP contribution in [0.15, 0.2) is 0 Å². The third-order valence-corrected chi connectivity index (χ3v) is 3.04. The van der Waals surface area contributed by atoms with Gasteiger partial charge in [0.25, 0.3) is 0 Å². The molecule has 0 aromatic heterocycles. The van der Waals surface area contributed by atoms with Crippen molar-refractivity contribution in [1.29, 1.82) is 5.26 Å². The molecular formula is C12H19N3O3. The lowest BCUT2D eigenvalue weighted by Gasteiger charge is -2.27. The molecule has 1 saturated carbocycles. The van der Waals surface area contributed by atoms with Crippen LogP contribution in [0.1, 0.15) is 38.5 Å². The highest BCUT2D eigenvalue weighted by Gasteiger charge is 2.21. The lowest BCUT2D eigenvalue weighted by atomic mass is 9.96. The van der Waals surface area contributed by atoms with Crippen LogP contribution in [0.2, 0.25) is 0 Å². The van der Waals surface area contributed by atoms with E-state index in [-0.39, 0.29) is 31.6 Å². The molecule has 0 aliphatic heterocycles. The second kappa shape index (κ2) is 7.54. The van der Waals surface area contributed by atoms with Crippen molar-refractivity contribution in [3.05, 3.63) is 0 Å². The van der Waals surface area contributed by atoms with Gasteiger partial charge in [0.2, 0.25) is 0 Å². The van der Waals surface area contributed by atoms with Crippen molar-refractivity contribution in [2.75, 3.05) is 13.1 Å². The lowest BCUT2D eigenvalue weighted by molar-refractivity contribution is -0.137. The SMILES string of the molecule is N#CCCN(CC(=O)O)C(=O)NC1CCCCC1. The number of nitrogens with one attached hydrogen (secondary N) is 1. The summed E-state index contributed by atoms with van der Waals surface area (Å²) in [5, 5.41) is 20.1. The number of nitrogens with zero attached hydrogens (tertiary/aromatic N) is 2. The average Bonchev–Trinajstić information content (AvgIpc) is 2.35. The van der Waals surface area contributed by atoms with Crippen LogP contribution >= 0.6 is 0 Å². The molecule has 0 spiro atoms. The van der Waals surface area contributed by atoms with Crippen molar-refractivity contribution in [2.24, 2.45) is 0 Å². The van der Waals surface area contributed by atoms with Crippen LogP contribution in [0.4, 0.5) is 4.79 Å². The van der Waals surface area contributed by atoms with E-state index in [1.807, 2.05) is 6.07 Å². The zero-order valence-corrected chi connectivity index (χ0v) is 10.4. The Bertz CT molecular complexity index is 332. The number of amides is 2. The summed E-state index contributed by atoms with van der Waals surface area (Å²) in [5.41, 5.74) is 0. The van der Waals surface area contributed by atoms with Crippen molar-refractivity contribution < 1.29 is 14.7 Å². The molecule has 0 saturated heterocycles. The molecule has 0 bridgehead atoms. The van der Waals surface area contributed by atoms with E-state index >= 15 is 0 Å². The van der Waals surface area contributed by atoms with Gasteiger partial charge in [-0.25, -0.2) is 4.79 Å². The van der Waals surface area contributed by atoms with Crippen molar-refractivity contribution >= 4 is 12.0 Å². The van der Waals surface area contributed by atoms with Crippen molar-refractivity contribution in [2.45, 2.75) is 44.6 Å². The van der Waals surface area contributed by atoms with Gasteiger partial charge < -0.3 is 15.3 Å². The van der Waals surface area contributed by atoms with Crippen LogP contribution in [-0.4, -0.2) is 41.1 Å². The van der Waals surface area contributed by atoms with Gasteiger partial charge >= 0.3 is 12.0 Å². The fraction of sp³-hybridized carbons (Fsp3) is 0.750. The highest BCUT2D eigenvalue weighted by molar-refractivity contribution is 5.80. The molecule has 0 heterocycles. The third kappa shape index (κ3) is 5.04. The molecule has 6 heteroatoms. The van der Waals surface area contributed by atoms with Crippen LogP contribution in [0, 0.1) is 11.3 Å². The molecule has 0 aromatic rings. The summed E-state index contributed by atoms with van der Waals surface area (Å²) in [6.07, 6.45) is 5.44. The Morgan fingerprint density at radius 2 is 2.00 bits per heavy atom. The van der Waals surface area contributed by atoms with Gasteiger partial charge in [-0.2, -0.15) is 5.26 Å². The number of nitriles is 1. The van der Waals surface area contributed by atoms with Gasteiger partial charge in [0.1, 0.15) is 6.54 Å². The molecule has 100 valence electrons. The minimum Gasteiger partial charge on any atom is -0.480 e. The molecule has 2 amide bonds. The first kappa shape index (κ1) is 14.3. The Balaban J connectivity index is 2.46. The number of urea groups is 1. The molecule has 1 fully saturated rings. The first-order valence-electron chi connectivity index (χ1n) is 6.27. The Hall–Kier alpha value is -1.77. The number of rotatable bonds is 5. The highest BCUT2D eigenvalue weighted by atomic mass is 16.4. The van der Waals surface area contributed by atoms with Crippen LogP contribution in [0.3, 0.4) is 0 Å². The van der Waals surface area contributed by atoms with Gasteiger partial charge in [0.15, 0.2) is 0 Å². The molecule has 1 aliphatic rings. The largest absolute Gasteiger partial charge is 0.480 e. The van der Waals surface area contributed by atoms with Gasteiger partial charge in [-0.05, 0) is 12.8 Å². The normalized spacial score (nSPS) is 15.7. The summed E-state index contributed by atoms with van der Waals surface area (Å²) in [6.45, 7) is -0.207. The van der Waals surface area contributed by atoms with Gasteiger partial charge in [-0.15, -0.1) is 0 Å². The average molecular weight is 253 g/mol. The maximum Gasteiger partial charge on any atom is 0.323 e. The van der Waals surface area contributed by atoms with Gasteiger partial charge in [-0.1, -0.05) is 19.3 Å². The summed E-state index contributed by atoms with van der Waals surface area (Å²) in [6, 6.07) is 1.68. The van der Waals surface area contributed by atoms with Crippen molar-refractivity contribution in [3.8, 4) is 6.07 Å². The molecule has 0 unspecified atom stereocenters. The highest BCUT2D eigenvalue weighted by Crippen LogP contribution is 2.17. The van der Waals surface area contributed by atoms with Gasteiger partial charge in [0, 0.05) is 12.6 Å². The van der Waals surface area contributed by atoms with Gasteiger partial charge in [0.05, 0.1) is 12.5 Å². The molecule has 0 radical (unpaired) electrons. The molecule has 18 heavy (non-hydrogen) atoms. The number of carboxylic acid groups (broad SMARTS) is 1. The van der Waals surface area contributed by atoms with E-state index in [4.69, 9.17) is 10.4 Å². The predicted octanol–water partition coefficient (Wildman–Crippen LogP) is 1.33. The number of carbonyl (C=O) groups excluding carboxylic acids is 1. The first-order chi connectivity index (χ1) is 8.63. The molecular weight excluding hydrogens is 234 g/mol. The summed E-state index contributed by atoms with van der Waals surface area (Å²) in [5.74, 6) is -1.06. The monoisotopic (exact) mass is 253 g/mol. The number of aliphatic carboxylic acids is 1. The van der Waals surface area contributed by atoms with Crippen LogP contribution in [0.25, 0.3) is 0 Å². The summed E-state index contributed by atoms with van der Waals surface area (Å²) >= 11 is 0. The number of hydrogen-bond donors (Lipinski definition) is 2. The standard InChI is InChI=1S/C12H19N3O3/c13-7-4-8-15(9-11(16)17)12(18)14-10-5-2-1-3-6-10/h10H,1-6,8-9H2,(H,14,18)(H,16,17). The number of carbonyl (C=O) groups is 2. The molecule has 1 rings (SSSR count). The van der Waals surface area contributed by atoms with E-state index < -0.39 is 5.97 Å². The van der Waals surface area contributed by atoms with E-state index in [0.717, 1.165) is 25.7 Å². The van der Waals surface area contributed by atoms with Gasteiger partial charge in [-0.3, -0.25) is 4.79 Å². The van der Waals surface area contributed by atoms with Crippen LogP contribution in [-0.2, 0) is 4.79 Å². The fourth-order valence-electron chi connectivity index (χ4n) is 2.11. The quantitative estimate of drug-likeness (QED) is 0.772. The maximum absolute atomic E-state index is 11.9. The van der Waals surface area contributed by atoms with Crippen LogP contribution < -0.4 is 5.32 Å². The Morgan fingerprint density at radius 1 is 1.33 bits per heavy atom. The predicted molar refractivity (Wildman–Crippen MR) is 64.8 cm³/mol. The molecule has 0 atom stereocenters. The van der Waals surface area contributed by atoms with E-state index in [1.165, 1.54) is 11.3 Å². The molecule has 1 aliphatic carbocycles. The summed E-state index contributed by atoms with van der Waals surface area (Å²) in [7, 11) is 0. The van der Waals surface area contributed by atoms with Crippen molar-refractivity contribution in [1.82, 2.24) is 10.2 Å². The minimum absolute atomic E-state index is 0.143. The van der Waals surface area contributed by atoms with E-state index in [1.54, 1.807) is 0 Å². The van der Waals surface area contributed by atoms with E-state index in [2.05, 4.69) is 5.32 Å². The molecule has 2 N–H and O–H groups in total. The van der Waals surface area contributed by atoms with E-state index in [9.17, 15) is 9.59 Å². The zero-order valence-electron chi connectivity index (χ0n) is 10.4. The Morgan fingerprint density at radius 3 is 2.56 bits per heavy atom. The third-order valence-electron chi connectivity index (χ3n) is 3.04. The zero-order chi connectivity index (χ0) is 13.4. The summed E-state index contributed by atoms with van der Waals surface area (Å²) in [4.78, 5) is 23.7. The number of hydrogen-bond acceptors (Lipinski definition) is 3. The molecule has 0 aromatic carbocycles. The Kier molecular flexibility index (Phi) is 5.98. The number of carboxylic acids is 1. The summed E-state index contributed by atoms with van der Waals surface area (Å²) < 4.78 is 0. The molecule has 6 nitrogen and oxygen atoms in total. The van der Waals surface area contributed by atoms with E-state index in [0.29, 0.717) is 0 Å². The topological polar surface area (TPSA) is 93.4 Å². The lowest BCUT2D eigenvalue weighted by Crippen LogP contribution is -2.47. The first-order valence-corrected chi connectivity index (χ1v) is 6.27. The second-order valence-electron chi connectivity index (χ2n) is 4.51. The smallest absolute Gasteiger partial charge is 0.323 e. The Labute approximate surface area is 107 Å². The second-order valence-corrected chi connectivity index (χ2v) is 4.51. The fourth-order valence-corrected chi connectivity index (χ4v) is 2.11. The van der Waals surface area contributed by atoms with Crippen molar-refractivity contribution in [3.63, 3.8) is 0 Å². The van der Waals surface area contributed by atoms with Crippen LogP contribution in [0.5, 0.6) is 0 Å².